The van der Waals surface area contributed by atoms with E-state index >= 15 is 0 Å². The lowest BCUT2D eigenvalue weighted by Crippen LogP contribution is -2.12. The van der Waals surface area contributed by atoms with Gasteiger partial charge >= 0.3 is 0 Å². The maximum atomic E-state index is 3.31. The van der Waals surface area contributed by atoms with Crippen molar-refractivity contribution in [2.45, 2.75) is 84.0 Å². The second-order valence-corrected chi connectivity index (χ2v) is 8.69. The molecular weight excluding hydrogens is 360 g/mol. The standard InChI is InChI=1S/C30H36/c1-3-5-6-7-8-9-10-26-11-13-27(14-12-26)15-16-28-19-23-30(24-20-28)29-21-17-25(4-2)18-22-29/h11-14,19-20,23-25,29H,3-8,17-18,21-22H2,1-2H3/t25-,29-. The molecule has 0 amide bonds. The average molecular weight is 397 g/mol. The molecule has 156 valence electrons. The van der Waals surface area contributed by atoms with Crippen LogP contribution in [0.15, 0.2) is 48.5 Å². The maximum absolute atomic E-state index is 3.31. The fourth-order valence-electron chi connectivity index (χ4n) is 4.33. The molecule has 0 aliphatic heterocycles. The summed E-state index contributed by atoms with van der Waals surface area (Å²) in [5.41, 5.74) is 4.72. The van der Waals surface area contributed by atoms with Gasteiger partial charge < -0.3 is 0 Å². The molecule has 0 bridgehead atoms. The lowest BCUT2D eigenvalue weighted by atomic mass is 9.78. The zero-order valence-corrected chi connectivity index (χ0v) is 18.8. The van der Waals surface area contributed by atoms with Crippen molar-refractivity contribution in [3.05, 3.63) is 70.8 Å². The minimum Gasteiger partial charge on any atom is -0.0979 e. The van der Waals surface area contributed by atoms with Crippen LogP contribution in [0.4, 0.5) is 0 Å². The van der Waals surface area contributed by atoms with Gasteiger partial charge in [-0.1, -0.05) is 75.3 Å². The number of unbranched alkanes of at least 4 members (excludes halogenated alkanes) is 4. The van der Waals surface area contributed by atoms with Gasteiger partial charge in [0, 0.05) is 23.1 Å². The highest BCUT2D eigenvalue weighted by molar-refractivity contribution is 5.46. The van der Waals surface area contributed by atoms with Gasteiger partial charge in [0.1, 0.15) is 0 Å². The van der Waals surface area contributed by atoms with E-state index in [4.69, 9.17) is 0 Å². The Morgan fingerprint density at radius 2 is 1.23 bits per heavy atom. The zero-order valence-electron chi connectivity index (χ0n) is 18.8. The van der Waals surface area contributed by atoms with Gasteiger partial charge in [-0.25, -0.2) is 0 Å². The summed E-state index contributed by atoms with van der Waals surface area (Å²) in [5.74, 6) is 14.9. The molecule has 2 aromatic carbocycles. The lowest BCUT2D eigenvalue weighted by Gasteiger charge is -2.28. The molecule has 2 aromatic rings. The van der Waals surface area contributed by atoms with Gasteiger partial charge in [-0.2, -0.15) is 0 Å². The van der Waals surface area contributed by atoms with Crippen LogP contribution in [0.2, 0.25) is 0 Å². The third kappa shape index (κ3) is 7.11. The summed E-state index contributed by atoms with van der Waals surface area (Å²) in [7, 11) is 0. The molecule has 0 aromatic heterocycles. The van der Waals surface area contributed by atoms with E-state index in [1.165, 1.54) is 63.4 Å². The molecule has 0 N–H and O–H groups in total. The molecule has 1 fully saturated rings. The average Bonchev–Trinajstić information content (AvgIpc) is 2.81. The van der Waals surface area contributed by atoms with Gasteiger partial charge in [0.25, 0.3) is 0 Å². The summed E-state index contributed by atoms with van der Waals surface area (Å²) in [6.45, 7) is 4.57. The molecule has 0 unspecified atom stereocenters. The Hall–Kier alpha value is -2.44. The van der Waals surface area contributed by atoms with Crippen LogP contribution in [0.3, 0.4) is 0 Å². The highest BCUT2D eigenvalue weighted by Crippen LogP contribution is 2.36. The molecule has 0 spiro atoms. The van der Waals surface area contributed by atoms with E-state index in [1.807, 2.05) is 0 Å². The highest BCUT2D eigenvalue weighted by Gasteiger charge is 2.20. The zero-order chi connectivity index (χ0) is 21.0. The van der Waals surface area contributed by atoms with Crippen LogP contribution < -0.4 is 0 Å². The smallest absolute Gasteiger partial charge is 0.0249 e. The molecule has 1 saturated carbocycles. The summed E-state index contributed by atoms with van der Waals surface area (Å²) in [5, 5.41) is 0. The Morgan fingerprint density at radius 1 is 0.667 bits per heavy atom. The lowest BCUT2D eigenvalue weighted by molar-refractivity contribution is 0.319. The van der Waals surface area contributed by atoms with Crippen molar-refractivity contribution in [3.8, 4) is 23.7 Å². The summed E-state index contributed by atoms with van der Waals surface area (Å²) in [6, 6.07) is 17.3. The van der Waals surface area contributed by atoms with E-state index in [0.29, 0.717) is 0 Å². The van der Waals surface area contributed by atoms with Crippen LogP contribution in [0.5, 0.6) is 0 Å². The molecule has 0 atom stereocenters. The first-order valence-corrected chi connectivity index (χ1v) is 12.0. The first-order valence-electron chi connectivity index (χ1n) is 12.0. The number of rotatable bonds is 6. The summed E-state index contributed by atoms with van der Waals surface area (Å²) in [6.07, 6.45) is 12.9. The van der Waals surface area contributed by atoms with Gasteiger partial charge in [0.15, 0.2) is 0 Å². The van der Waals surface area contributed by atoms with Crippen molar-refractivity contribution < 1.29 is 0 Å². The predicted octanol–water partition coefficient (Wildman–Crippen LogP) is 8.09. The topological polar surface area (TPSA) is 0 Å². The van der Waals surface area contributed by atoms with Crippen LogP contribution in [-0.4, -0.2) is 0 Å². The minimum atomic E-state index is 0.745. The van der Waals surface area contributed by atoms with Crippen LogP contribution >= 0.6 is 0 Å². The monoisotopic (exact) mass is 396 g/mol. The Bertz CT molecular complexity index is 870. The molecule has 0 nitrogen and oxygen atoms in total. The molecule has 0 saturated heterocycles. The van der Waals surface area contributed by atoms with Crippen molar-refractivity contribution in [2.24, 2.45) is 5.92 Å². The molecule has 0 radical (unpaired) electrons. The van der Waals surface area contributed by atoms with Gasteiger partial charge in [0.05, 0.1) is 0 Å². The quantitative estimate of drug-likeness (QED) is 0.342. The number of hydrogen-bond donors (Lipinski definition) is 0. The molecule has 0 heteroatoms. The second-order valence-electron chi connectivity index (χ2n) is 8.69. The fraction of sp³-hybridized carbons (Fsp3) is 0.467. The maximum Gasteiger partial charge on any atom is 0.0249 e. The molecule has 3 rings (SSSR count). The number of hydrogen-bond acceptors (Lipinski definition) is 0. The molecule has 30 heavy (non-hydrogen) atoms. The third-order valence-electron chi connectivity index (χ3n) is 6.43. The Kier molecular flexibility index (Phi) is 9.12. The van der Waals surface area contributed by atoms with Gasteiger partial charge in [0.2, 0.25) is 0 Å². The summed E-state index contributed by atoms with van der Waals surface area (Å²) >= 11 is 0. The highest BCUT2D eigenvalue weighted by atomic mass is 14.3. The SMILES string of the molecule is CCCCCCC#Cc1ccc(C#Cc2ccc([C@H]3CC[C@H](CC)CC3)cc2)cc1. The normalized spacial score (nSPS) is 18.1. The van der Waals surface area contributed by atoms with E-state index < -0.39 is 0 Å². The summed E-state index contributed by atoms with van der Waals surface area (Å²) < 4.78 is 0. The van der Waals surface area contributed by atoms with Crippen LogP contribution in [0, 0.1) is 29.6 Å². The Labute approximate surface area is 184 Å². The van der Waals surface area contributed by atoms with Crippen molar-refractivity contribution in [3.63, 3.8) is 0 Å². The van der Waals surface area contributed by atoms with Crippen molar-refractivity contribution in [1.29, 1.82) is 0 Å². The van der Waals surface area contributed by atoms with Gasteiger partial charge in [-0.15, -0.1) is 0 Å². The fourth-order valence-corrected chi connectivity index (χ4v) is 4.33. The molecular formula is C30H36. The first-order chi connectivity index (χ1) is 14.8. The van der Waals surface area contributed by atoms with Crippen molar-refractivity contribution in [2.75, 3.05) is 0 Å². The van der Waals surface area contributed by atoms with Crippen molar-refractivity contribution >= 4 is 0 Å². The predicted molar refractivity (Wildman–Crippen MR) is 129 cm³/mol. The van der Waals surface area contributed by atoms with E-state index in [2.05, 4.69) is 86.1 Å². The van der Waals surface area contributed by atoms with E-state index in [-0.39, 0.29) is 0 Å². The first kappa shape index (κ1) is 22.2. The largest absolute Gasteiger partial charge is 0.0979 e. The van der Waals surface area contributed by atoms with E-state index in [0.717, 1.165) is 34.9 Å². The summed E-state index contributed by atoms with van der Waals surface area (Å²) in [4.78, 5) is 0. The number of benzene rings is 2. The second kappa shape index (κ2) is 12.3. The van der Waals surface area contributed by atoms with Crippen LogP contribution in [0.25, 0.3) is 0 Å². The van der Waals surface area contributed by atoms with Gasteiger partial charge in [-0.05, 0) is 85.9 Å². The van der Waals surface area contributed by atoms with Crippen LogP contribution in [-0.2, 0) is 0 Å². The van der Waals surface area contributed by atoms with E-state index in [9.17, 15) is 0 Å². The van der Waals surface area contributed by atoms with Gasteiger partial charge in [-0.3, -0.25) is 0 Å². The molecule has 0 heterocycles. The molecule has 1 aliphatic rings. The Balaban J connectivity index is 1.51. The third-order valence-corrected chi connectivity index (χ3v) is 6.43. The Morgan fingerprint density at radius 3 is 1.80 bits per heavy atom. The molecule has 1 aliphatic carbocycles. The van der Waals surface area contributed by atoms with Crippen LogP contribution in [0.1, 0.15) is 106 Å². The van der Waals surface area contributed by atoms with Crippen molar-refractivity contribution in [1.82, 2.24) is 0 Å². The van der Waals surface area contributed by atoms with E-state index in [1.54, 1.807) is 0 Å². The minimum absolute atomic E-state index is 0.745.